The average molecular weight is 527 g/mol. The maximum Gasteiger partial charge on any atom is 0.343 e. The van der Waals surface area contributed by atoms with Crippen molar-refractivity contribution in [3.63, 3.8) is 0 Å². The summed E-state index contributed by atoms with van der Waals surface area (Å²) < 4.78 is 22.3. The van der Waals surface area contributed by atoms with E-state index in [9.17, 15) is 9.59 Å². The zero-order valence-corrected chi connectivity index (χ0v) is 22.0. The second-order valence-electron chi connectivity index (χ2n) is 8.64. The first-order valence-corrected chi connectivity index (χ1v) is 12.6. The van der Waals surface area contributed by atoms with Gasteiger partial charge in [-0.2, -0.15) is 5.10 Å². The van der Waals surface area contributed by atoms with Crippen molar-refractivity contribution >= 4 is 28.9 Å². The fourth-order valence-corrected chi connectivity index (χ4v) is 3.72. The molecule has 1 amide bonds. The normalized spacial score (nSPS) is 11.7. The highest BCUT2D eigenvalue weighted by Gasteiger charge is 2.16. The maximum atomic E-state index is 12.6. The van der Waals surface area contributed by atoms with E-state index < -0.39 is 18.0 Å². The van der Waals surface area contributed by atoms with E-state index in [2.05, 4.69) is 10.5 Å². The molecule has 0 fully saturated rings. The zero-order valence-electron chi connectivity index (χ0n) is 22.0. The van der Waals surface area contributed by atoms with Crippen molar-refractivity contribution in [2.45, 2.75) is 26.4 Å². The van der Waals surface area contributed by atoms with Crippen LogP contribution in [0.3, 0.4) is 0 Å². The molecule has 0 aliphatic carbocycles. The molecular weight excluding hydrogens is 496 g/mol. The molecule has 8 nitrogen and oxygen atoms in total. The lowest BCUT2D eigenvalue weighted by Crippen LogP contribution is -2.33. The Labute approximate surface area is 227 Å². The highest BCUT2D eigenvalue weighted by Crippen LogP contribution is 2.29. The number of fused-ring (bicyclic) bond motifs is 1. The van der Waals surface area contributed by atoms with Crippen molar-refractivity contribution in [3.8, 4) is 23.0 Å². The molecular formula is C31H30N2O6. The van der Waals surface area contributed by atoms with Crippen LogP contribution in [0.15, 0.2) is 90.0 Å². The van der Waals surface area contributed by atoms with Gasteiger partial charge in [0.1, 0.15) is 11.5 Å². The van der Waals surface area contributed by atoms with E-state index in [1.165, 1.54) is 13.3 Å². The molecule has 4 aromatic rings. The number of hydrazone groups is 1. The summed E-state index contributed by atoms with van der Waals surface area (Å²) in [6.07, 6.45) is 1.60. The molecule has 1 atom stereocenters. The number of hydrogen-bond acceptors (Lipinski definition) is 7. The first-order valence-electron chi connectivity index (χ1n) is 12.6. The molecule has 0 bridgehead atoms. The van der Waals surface area contributed by atoms with Crippen LogP contribution in [0.4, 0.5) is 0 Å². The van der Waals surface area contributed by atoms with Gasteiger partial charge in [-0.25, -0.2) is 10.2 Å². The van der Waals surface area contributed by atoms with Gasteiger partial charge in [0, 0.05) is 5.39 Å². The summed E-state index contributed by atoms with van der Waals surface area (Å²) in [5.41, 5.74) is 3.51. The van der Waals surface area contributed by atoms with Gasteiger partial charge in [0.2, 0.25) is 0 Å². The quantitative estimate of drug-likeness (QED) is 0.115. The Hall–Kier alpha value is -4.85. The lowest BCUT2D eigenvalue weighted by Gasteiger charge is -2.14. The molecule has 0 unspecified atom stereocenters. The topological polar surface area (TPSA) is 95.5 Å². The largest absolute Gasteiger partial charge is 0.494 e. The van der Waals surface area contributed by atoms with Crippen molar-refractivity contribution in [1.29, 1.82) is 0 Å². The molecule has 0 aromatic heterocycles. The van der Waals surface area contributed by atoms with Gasteiger partial charge in [0.05, 0.1) is 25.5 Å². The third-order valence-corrected chi connectivity index (χ3v) is 5.76. The number of amides is 1. The number of nitrogens with zero attached hydrogens (tertiary/aromatic N) is 1. The molecule has 0 heterocycles. The van der Waals surface area contributed by atoms with Crippen LogP contribution >= 0.6 is 0 Å². The number of hydrogen-bond donors (Lipinski definition) is 1. The number of ether oxygens (including phenoxy) is 4. The van der Waals surface area contributed by atoms with Crippen LogP contribution in [0.1, 0.15) is 36.2 Å². The summed E-state index contributed by atoms with van der Waals surface area (Å²) in [5, 5.41) is 5.98. The molecule has 200 valence electrons. The molecule has 0 saturated heterocycles. The smallest absolute Gasteiger partial charge is 0.343 e. The van der Waals surface area contributed by atoms with E-state index in [0.717, 1.165) is 17.2 Å². The number of carbonyl (C=O) groups is 2. The number of esters is 1. The Morgan fingerprint density at radius 1 is 0.923 bits per heavy atom. The molecule has 4 aromatic carbocycles. The minimum atomic E-state index is -0.767. The third-order valence-electron chi connectivity index (χ3n) is 5.76. The monoisotopic (exact) mass is 526 g/mol. The van der Waals surface area contributed by atoms with Crippen LogP contribution in [-0.2, 0) is 4.79 Å². The highest BCUT2D eigenvalue weighted by atomic mass is 16.6. The number of nitrogens with one attached hydrogen (secondary N) is 1. The summed E-state index contributed by atoms with van der Waals surface area (Å²) >= 11 is 0. The lowest BCUT2D eigenvalue weighted by atomic mass is 10.1. The first kappa shape index (κ1) is 27.2. The van der Waals surface area contributed by atoms with Crippen molar-refractivity contribution < 1.29 is 28.5 Å². The van der Waals surface area contributed by atoms with E-state index in [4.69, 9.17) is 18.9 Å². The van der Waals surface area contributed by atoms with Gasteiger partial charge in [-0.15, -0.1) is 0 Å². The van der Waals surface area contributed by atoms with Crippen LogP contribution < -0.4 is 24.4 Å². The Kier molecular flexibility index (Phi) is 9.13. The van der Waals surface area contributed by atoms with Gasteiger partial charge in [-0.05, 0) is 72.8 Å². The number of methoxy groups -OCH3 is 1. The summed E-state index contributed by atoms with van der Waals surface area (Å²) in [5.74, 6) is 0.986. The highest BCUT2D eigenvalue weighted by molar-refractivity contribution is 5.92. The lowest BCUT2D eigenvalue weighted by molar-refractivity contribution is -0.127. The fourth-order valence-electron chi connectivity index (χ4n) is 3.72. The van der Waals surface area contributed by atoms with Crippen molar-refractivity contribution in [3.05, 3.63) is 96.1 Å². The van der Waals surface area contributed by atoms with Gasteiger partial charge in [0.15, 0.2) is 17.6 Å². The Morgan fingerprint density at radius 2 is 1.69 bits per heavy atom. The van der Waals surface area contributed by atoms with E-state index in [1.54, 1.807) is 49.4 Å². The molecule has 8 heteroatoms. The predicted molar refractivity (Wildman–Crippen MR) is 150 cm³/mol. The predicted octanol–water partition coefficient (Wildman–Crippen LogP) is 5.77. The Balaban J connectivity index is 1.34. The summed E-state index contributed by atoms with van der Waals surface area (Å²) in [7, 11) is 1.47. The second-order valence-corrected chi connectivity index (χ2v) is 8.64. The molecule has 0 saturated carbocycles. The van der Waals surface area contributed by atoms with Crippen molar-refractivity contribution in [2.75, 3.05) is 13.7 Å². The zero-order chi connectivity index (χ0) is 27.6. The van der Waals surface area contributed by atoms with Crippen LogP contribution in [0.5, 0.6) is 23.0 Å². The van der Waals surface area contributed by atoms with Crippen LogP contribution in [0.2, 0.25) is 0 Å². The van der Waals surface area contributed by atoms with E-state index in [-0.39, 0.29) is 5.75 Å². The van der Waals surface area contributed by atoms with Gasteiger partial charge in [-0.1, -0.05) is 43.3 Å². The molecule has 0 spiro atoms. The number of carbonyl (C=O) groups excluding carboxylic acids is 2. The number of benzene rings is 4. The minimum Gasteiger partial charge on any atom is -0.494 e. The van der Waals surface area contributed by atoms with Crippen LogP contribution in [0, 0.1) is 0 Å². The fraction of sp³-hybridized carbons (Fsp3) is 0.194. The van der Waals surface area contributed by atoms with Gasteiger partial charge in [0.25, 0.3) is 5.91 Å². The molecule has 39 heavy (non-hydrogen) atoms. The van der Waals surface area contributed by atoms with Gasteiger partial charge in [-0.3, -0.25) is 4.79 Å². The van der Waals surface area contributed by atoms with E-state index >= 15 is 0 Å². The third kappa shape index (κ3) is 7.13. The minimum absolute atomic E-state index is 0.257. The standard InChI is InChI=1S/C31H30N2O6/c1-4-18-37-25-15-13-24(14-16-25)31(35)39-28-17-12-22(19-29(28)36-3)20-32-33-30(34)21(2)38-27-11-7-9-23-8-5-6-10-26(23)27/h5-17,19-21H,4,18H2,1-3H3,(H,33,34)/b32-20-/t21-/m1/s1. The molecule has 4 rings (SSSR count). The van der Waals surface area contributed by atoms with Gasteiger partial charge < -0.3 is 18.9 Å². The summed E-state index contributed by atoms with van der Waals surface area (Å²) in [4.78, 5) is 25.1. The first-order chi connectivity index (χ1) is 19.0. The second kappa shape index (κ2) is 13.1. The summed E-state index contributed by atoms with van der Waals surface area (Å²) in [6, 6.07) is 25.2. The molecule has 1 N–H and O–H groups in total. The average Bonchev–Trinajstić information content (AvgIpc) is 2.97. The van der Waals surface area contributed by atoms with Crippen molar-refractivity contribution in [1.82, 2.24) is 5.43 Å². The number of rotatable bonds is 11. The molecule has 0 radical (unpaired) electrons. The Morgan fingerprint density at radius 3 is 2.46 bits per heavy atom. The van der Waals surface area contributed by atoms with E-state index in [0.29, 0.717) is 35.0 Å². The van der Waals surface area contributed by atoms with Crippen molar-refractivity contribution in [2.24, 2.45) is 5.10 Å². The Bertz CT molecular complexity index is 1460. The molecule has 0 aliphatic rings. The van der Waals surface area contributed by atoms with Crippen LogP contribution in [0.25, 0.3) is 10.8 Å². The maximum absolute atomic E-state index is 12.6. The SMILES string of the molecule is CCCOc1ccc(C(=O)Oc2ccc(/C=N\NC(=O)[C@@H](C)Oc3cccc4ccccc34)cc2OC)cc1. The van der Waals surface area contributed by atoms with E-state index in [1.807, 2.05) is 49.4 Å². The molecule has 0 aliphatic heterocycles. The van der Waals surface area contributed by atoms with Gasteiger partial charge >= 0.3 is 5.97 Å². The summed E-state index contributed by atoms with van der Waals surface area (Å²) in [6.45, 7) is 4.29. The van der Waals surface area contributed by atoms with Crippen LogP contribution in [-0.4, -0.2) is 37.9 Å².